The average Bonchev–Trinajstić information content (AvgIpc) is 2.25. The van der Waals surface area contributed by atoms with Crippen molar-refractivity contribution in [3.63, 3.8) is 0 Å². The number of amides is 1. The smallest absolute Gasteiger partial charge is 0.224 e. The summed E-state index contributed by atoms with van der Waals surface area (Å²) < 4.78 is 0. The monoisotopic (exact) mass is 189 g/mol. The minimum absolute atomic E-state index is 0.0620. The zero-order chi connectivity index (χ0) is 10.2. The first-order valence-corrected chi connectivity index (χ1v) is 4.74. The maximum atomic E-state index is 11.2. The molecule has 1 rings (SSSR count). The van der Waals surface area contributed by atoms with Crippen LogP contribution in [0.1, 0.15) is 18.9 Å². The van der Waals surface area contributed by atoms with Gasteiger partial charge in [0.05, 0.1) is 0 Å². The molecular formula is C12H15NO. The highest BCUT2D eigenvalue weighted by Gasteiger charge is 1.96. The van der Waals surface area contributed by atoms with Gasteiger partial charge in [-0.05, 0) is 12.5 Å². The predicted octanol–water partition coefficient (Wildman–Crippen LogP) is 2.27. The number of hydrogen-bond donors (Lipinski definition) is 1. The van der Waals surface area contributed by atoms with Gasteiger partial charge in [-0.25, -0.2) is 0 Å². The van der Waals surface area contributed by atoms with Crippen molar-refractivity contribution in [3.05, 3.63) is 48.0 Å². The molecule has 1 amide bonds. The second-order valence-corrected chi connectivity index (χ2v) is 3.04. The second-order valence-electron chi connectivity index (χ2n) is 3.04. The van der Waals surface area contributed by atoms with Crippen molar-refractivity contribution >= 4 is 5.91 Å². The Bertz CT molecular complexity index is 303. The molecule has 0 atom stereocenters. The van der Waals surface area contributed by atoms with Gasteiger partial charge in [0.15, 0.2) is 0 Å². The molecule has 0 fully saturated rings. The van der Waals surface area contributed by atoms with E-state index in [-0.39, 0.29) is 5.91 Å². The number of nitrogens with one attached hydrogen (secondary N) is 1. The fourth-order valence-corrected chi connectivity index (χ4v) is 1.09. The van der Waals surface area contributed by atoms with Gasteiger partial charge in [-0.1, -0.05) is 42.5 Å². The molecule has 0 saturated heterocycles. The summed E-state index contributed by atoms with van der Waals surface area (Å²) in [5, 5.41) is 2.84. The molecule has 0 radical (unpaired) electrons. The van der Waals surface area contributed by atoms with Crippen LogP contribution in [0.4, 0.5) is 0 Å². The Kier molecular flexibility index (Phi) is 4.48. The minimum Gasteiger partial charge on any atom is -0.352 e. The van der Waals surface area contributed by atoms with Crippen LogP contribution >= 0.6 is 0 Å². The zero-order valence-corrected chi connectivity index (χ0v) is 8.36. The Morgan fingerprint density at radius 1 is 1.36 bits per heavy atom. The van der Waals surface area contributed by atoms with Crippen molar-refractivity contribution in [2.24, 2.45) is 0 Å². The van der Waals surface area contributed by atoms with Crippen LogP contribution in [-0.2, 0) is 11.3 Å². The van der Waals surface area contributed by atoms with Crippen LogP contribution < -0.4 is 5.32 Å². The van der Waals surface area contributed by atoms with Crippen LogP contribution in [-0.4, -0.2) is 5.91 Å². The van der Waals surface area contributed by atoms with E-state index in [4.69, 9.17) is 0 Å². The van der Waals surface area contributed by atoms with E-state index in [1.54, 1.807) is 0 Å². The van der Waals surface area contributed by atoms with Gasteiger partial charge in [0, 0.05) is 13.0 Å². The Morgan fingerprint density at radius 2 is 2.07 bits per heavy atom. The fourth-order valence-electron chi connectivity index (χ4n) is 1.09. The van der Waals surface area contributed by atoms with E-state index in [0.717, 1.165) is 5.56 Å². The molecular weight excluding hydrogens is 174 g/mol. The molecule has 14 heavy (non-hydrogen) atoms. The Morgan fingerprint density at radius 3 is 2.71 bits per heavy atom. The predicted molar refractivity (Wildman–Crippen MR) is 57.7 cm³/mol. The fraction of sp³-hybridized carbons (Fsp3) is 0.250. The molecule has 1 N–H and O–H groups in total. The summed E-state index contributed by atoms with van der Waals surface area (Å²) in [4.78, 5) is 11.2. The summed E-state index contributed by atoms with van der Waals surface area (Å²) >= 11 is 0. The van der Waals surface area contributed by atoms with E-state index in [9.17, 15) is 4.79 Å². The van der Waals surface area contributed by atoms with Gasteiger partial charge >= 0.3 is 0 Å². The van der Waals surface area contributed by atoms with Gasteiger partial charge in [-0.3, -0.25) is 4.79 Å². The summed E-state index contributed by atoms with van der Waals surface area (Å²) in [5.74, 6) is 0.0620. The highest BCUT2D eigenvalue weighted by Crippen LogP contribution is 1.97. The van der Waals surface area contributed by atoms with E-state index >= 15 is 0 Å². The minimum atomic E-state index is 0.0620. The third-order valence-corrected chi connectivity index (χ3v) is 1.87. The first-order chi connectivity index (χ1) is 6.83. The number of allylic oxidation sites excluding steroid dienone is 1. The first kappa shape index (κ1) is 10.5. The van der Waals surface area contributed by atoms with Gasteiger partial charge in [0.25, 0.3) is 0 Å². The maximum absolute atomic E-state index is 11.2. The molecule has 2 heteroatoms. The van der Waals surface area contributed by atoms with E-state index in [1.165, 1.54) is 0 Å². The zero-order valence-electron chi connectivity index (χ0n) is 8.36. The van der Waals surface area contributed by atoms with Gasteiger partial charge in [-0.15, -0.1) is 0 Å². The molecule has 2 nitrogen and oxygen atoms in total. The summed E-state index contributed by atoms with van der Waals surface area (Å²) in [6.07, 6.45) is 4.19. The van der Waals surface area contributed by atoms with Crippen molar-refractivity contribution in [3.8, 4) is 0 Å². The molecule has 0 aromatic heterocycles. The largest absolute Gasteiger partial charge is 0.352 e. The summed E-state index contributed by atoms with van der Waals surface area (Å²) in [6, 6.07) is 9.89. The van der Waals surface area contributed by atoms with Crippen LogP contribution in [0.5, 0.6) is 0 Å². The SMILES string of the molecule is C/C=C/CC(=O)NCc1ccccc1. The third kappa shape index (κ3) is 3.90. The molecule has 0 heterocycles. The summed E-state index contributed by atoms with van der Waals surface area (Å²) in [7, 11) is 0. The molecule has 74 valence electrons. The molecule has 0 saturated carbocycles. The number of carbonyl (C=O) groups excluding carboxylic acids is 1. The van der Waals surface area contributed by atoms with Gasteiger partial charge in [-0.2, -0.15) is 0 Å². The lowest BCUT2D eigenvalue weighted by atomic mass is 10.2. The average molecular weight is 189 g/mol. The van der Waals surface area contributed by atoms with Gasteiger partial charge in [0.2, 0.25) is 5.91 Å². The molecule has 1 aromatic carbocycles. The third-order valence-electron chi connectivity index (χ3n) is 1.87. The standard InChI is InChI=1S/C12H15NO/c1-2-3-9-12(14)13-10-11-7-5-4-6-8-11/h2-8H,9-10H2,1H3,(H,13,14)/b3-2+. The van der Waals surface area contributed by atoms with Gasteiger partial charge in [0.1, 0.15) is 0 Å². The summed E-state index contributed by atoms with van der Waals surface area (Å²) in [6.45, 7) is 2.52. The lowest BCUT2D eigenvalue weighted by Gasteiger charge is -2.02. The van der Waals surface area contributed by atoms with Crippen LogP contribution in [0.2, 0.25) is 0 Å². The van der Waals surface area contributed by atoms with Gasteiger partial charge < -0.3 is 5.32 Å². The highest BCUT2D eigenvalue weighted by molar-refractivity contribution is 5.77. The molecule has 0 bridgehead atoms. The number of hydrogen-bond acceptors (Lipinski definition) is 1. The lowest BCUT2D eigenvalue weighted by Crippen LogP contribution is -2.21. The second kappa shape index (κ2) is 5.97. The van der Waals surface area contributed by atoms with Crippen molar-refractivity contribution < 1.29 is 4.79 Å². The number of benzene rings is 1. The van der Waals surface area contributed by atoms with E-state index in [2.05, 4.69) is 5.32 Å². The number of carbonyl (C=O) groups is 1. The number of rotatable bonds is 4. The maximum Gasteiger partial charge on any atom is 0.224 e. The van der Waals surface area contributed by atoms with Crippen LogP contribution in [0.3, 0.4) is 0 Å². The highest BCUT2D eigenvalue weighted by atomic mass is 16.1. The van der Waals surface area contributed by atoms with Crippen molar-refractivity contribution in [2.45, 2.75) is 19.9 Å². The molecule has 1 aromatic rings. The van der Waals surface area contributed by atoms with Crippen molar-refractivity contribution in [1.29, 1.82) is 0 Å². The van der Waals surface area contributed by atoms with Crippen molar-refractivity contribution in [1.82, 2.24) is 5.32 Å². The van der Waals surface area contributed by atoms with E-state index in [0.29, 0.717) is 13.0 Å². The molecule has 0 aliphatic rings. The van der Waals surface area contributed by atoms with Crippen molar-refractivity contribution in [2.75, 3.05) is 0 Å². The normalized spacial score (nSPS) is 10.4. The van der Waals surface area contributed by atoms with E-state index in [1.807, 2.05) is 49.4 Å². The molecule has 0 aliphatic carbocycles. The molecule has 0 spiro atoms. The quantitative estimate of drug-likeness (QED) is 0.723. The summed E-state index contributed by atoms with van der Waals surface area (Å²) in [5.41, 5.74) is 1.13. The van der Waals surface area contributed by atoms with E-state index < -0.39 is 0 Å². The Hall–Kier alpha value is -1.57. The van der Waals surface area contributed by atoms with Crippen LogP contribution in [0.25, 0.3) is 0 Å². The Labute approximate surface area is 84.6 Å². The van der Waals surface area contributed by atoms with Crippen LogP contribution in [0.15, 0.2) is 42.5 Å². The molecule has 0 unspecified atom stereocenters. The molecule has 0 aliphatic heterocycles. The topological polar surface area (TPSA) is 29.1 Å². The van der Waals surface area contributed by atoms with Crippen LogP contribution in [0, 0.1) is 0 Å². The Balaban J connectivity index is 2.31. The lowest BCUT2D eigenvalue weighted by molar-refractivity contribution is -0.120. The first-order valence-electron chi connectivity index (χ1n) is 4.74.